The minimum Gasteiger partial charge on any atom is -0.497 e. The van der Waals surface area contributed by atoms with Crippen LogP contribution in [0.3, 0.4) is 0 Å². The van der Waals surface area contributed by atoms with Crippen molar-refractivity contribution in [3.8, 4) is 28.5 Å². The molecule has 0 bridgehead atoms. The Morgan fingerprint density at radius 2 is 1.62 bits per heavy atom. The van der Waals surface area contributed by atoms with E-state index in [1.165, 1.54) is 6.07 Å². The minimum atomic E-state index is -0.388. The molecule has 1 N–H and O–H groups in total. The van der Waals surface area contributed by atoms with Crippen LogP contribution in [0.2, 0.25) is 0 Å². The number of carbonyl (C=O) groups is 1. The fourth-order valence-electron chi connectivity index (χ4n) is 2.73. The second-order valence-electron chi connectivity index (χ2n) is 6.06. The molecule has 0 spiro atoms. The number of methoxy groups -OCH3 is 3. The van der Waals surface area contributed by atoms with Gasteiger partial charge in [0.05, 0.1) is 27.0 Å². The molecule has 1 heterocycles. The molecular formula is C21H21N3O5. The zero-order valence-electron chi connectivity index (χ0n) is 16.3. The molecule has 0 fully saturated rings. The number of carbonyl (C=O) groups excluding carboxylic acids is 1. The fourth-order valence-corrected chi connectivity index (χ4v) is 2.73. The Morgan fingerprint density at radius 1 is 0.931 bits per heavy atom. The van der Waals surface area contributed by atoms with E-state index in [1.54, 1.807) is 69.9 Å². The van der Waals surface area contributed by atoms with Crippen LogP contribution in [0.4, 0.5) is 5.69 Å². The van der Waals surface area contributed by atoms with Crippen molar-refractivity contribution in [2.45, 2.75) is 6.54 Å². The fraction of sp³-hybridized carbons (Fsp3) is 0.190. The third kappa shape index (κ3) is 4.73. The van der Waals surface area contributed by atoms with Gasteiger partial charge in [-0.05, 0) is 48.5 Å². The summed E-state index contributed by atoms with van der Waals surface area (Å²) in [6.07, 6.45) is 0. The van der Waals surface area contributed by atoms with Crippen LogP contribution in [-0.4, -0.2) is 37.0 Å². The molecule has 3 rings (SSSR count). The van der Waals surface area contributed by atoms with Crippen molar-refractivity contribution in [3.63, 3.8) is 0 Å². The van der Waals surface area contributed by atoms with E-state index in [1.807, 2.05) is 0 Å². The monoisotopic (exact) mass is 395 g/mol. The van der Waals surface area contributed by atoms with Gasteiger partial charge in [0.1, 0.15) is 23.8 Å². The smallest absolute Gasteiger partial charge is 0.267 e. The first kappa shape index (κ1) is 19.9. The molecule has 29 heavy (non-hydrogen) atoms. The van der Waals surface area contributed by atoms with E-state index in [9.17, 15) is 9.59 Å². The number of hydrogen-bond acceptors (Lipinski definition) is 6. The summed E-state index contributed by atoms with van der Waals surface area (Å²) in [6, 6.07) is 15.1. The lowest BCUT2D eigenvalue weighted by Gasteiger charge is -2.12. The predicted molar refractivity (Wildman–Crippen MR) is 109 cm³/mol. The number of amides is 1. The van der Waals surface area contributed by atoms with Crippen molar-refractivity contribution in [1.29, 1.82) is 0 Å². The maximum Gasteiger partial charge on any atom is 0.267 e. The molecule has 2 aromatic carbocycles. The Balaban J connectivity index is 1.84. The van der Waals surface area contributed by atoms with Gasteiger partial charge in [-0.3, -0.25) is 9.59 Å². The lowest BCUT2D eigenvalue weighted by molar-refractivity contribution is -0.117. The number of rotatable bonds is 7. The van der Waals surface area contributed by atoms with Crippen molar-refractivity contribution in [2.24, 2.45) is 0 Å². The lowest BCUT2D eigenvalue weighted by atomic mass is 10.1. The molecule has 0 aliphatic rings. The SMILES string of the molecule is COc1ccc(NC(=O)Cn2nc(-c3cc(OC)ccc3OC)ccc2=O)cc1. The zero-order chi connectivity index (χ0) is 20.8. The van der Waals surface area contributed by atoms with Crippen LogP contribution in [0.5, 0.6) is 17.2 Å². The van der Waals surface area contributed by atoms with Gasteiger partial charge in [-0.15, -0.1) is 0 Å². The number of ether oxygens (including phenoxy) is 3. The normalized spacial score (nSPS) is 10.3. The second kappa shape index (κ2) is 8.92. The highest BCUT2D eigenvalue weighted by atomic mass is 16.5. The molecular weight excluding hydrogens is 374 g/mol. The summed E-state index contributed by atoms with van der Waals surface area (Å²) in [4.78, 5) is 24.6. The molecule has 0 aliphatic heterocycles. The molecule has 0 radical (unpaired) electrons. The quantitative estimate of drug-likeness (QED) is 0.661. The van der Waals surface area contributed by atoms with E-state index < -0.39 is 0 Å². The maximum absolute atomic E-state index is 12.4. The van der Waals surface area contributed by atoms with Crippen LogP contribution in [-0.2, 0) is 11.3 Å². The summed E-state index contributed by atoms with van der Waals surface area (Å²) in [6.45, 7) is -0.231. The summed E-state index contributed by atoms with van der Waals surface area (Å²) < 4.78 is 16.8. The molecule has 0 saturated carbocycles. The van der Waals surface area contributed by atoms with E-state index in [2.05, 4.69) is 10.4 Å². The number of anilines is 1. The van der Waals surface area contributed by atoms with Gasteiger partial charge in [0, 0.05) is 17.3 Å². The third-order valence-electron chi connectivity index (χ3n) is 4.22. The minimum absolute atomic E-state index is 0.231. The van der Waals surface area contributed by atoms with E-state index in [0.29, 0.717) is 34.2 Å². The summed E-state index contributed by atoms with van der Waals surface area (Å²) >= 11 is 0. The van der Waals surface area contributed by atoms with Gasteiger partial charge in [-0.25, -0.2) is 4.68 Å². The van der Waals surface area contributed by atoms with E-state index in [-0.39, 0.29) is 18.0 Å². The van der Waals surface area contributed by atoms with Crippen LogP contribution in [0.1, 0.15) is 0 Å². The van der Waals surface area contributed by atoms with E-state index in [0.717, 1.165) is 4.68 Å². The molecule has 0 unspecified atom stereocenters. The van der Waals surface area contributed by atoms with Gasteiger partial charge in [0.2, 0.25) is 5.91 Å². The molecule has 8 heteroatoms. The van der Waals surface area contributed by atoms with Crippen molar-refractivity contribution >= 4 is 11.6 Å². The largest absolute Gasteiger partial charge is 0.497 e. The molecule has 0 saturated heterocycles. The molecule has 8 nitrogen and oxygen atoms in total. The van der Waals surface area contributed by atoms with Crippen molar-refractivity contribution in [2.75, 3.05) is 26.6 Å². The number of nitrogens with zero attached hydrogens (tertiary/aromatic N) is 2. The molecule has 0 aliphatic carbocycles. The topological polar surface area (TPSA) is 91.7 Å². The van der Waals surface area contributed by atoms with Crippen LogP contribution < -0.4 is 25.1 Å². The highest BCUT2D eigenvalue weighted by Gasteiger charge is 2.13. The van der Waals surface area contributed by atoms with Gasteiger partial charge < -0.3 is 19.5 Å². The molecule has 0 atom stereocenters. The first-order chi connectivity index (χ1) is 14.0. The predicted octanol–water partition coefficient (Wildman–Crippen LogP) is 2.57. The summed E-state index contributed by atoms with van der Waals surface area (Å²) in [5.41, 5.74) is 1.34. The summed E-state index contributed by atoms with van der Waals surface area (Å²) in [7, 11) is 4.67. The Morgan fingerprint density at radius 3 is 2.28 bits per heavy atom. The van der Waals surface area contributed by atoms with E-state index >= 15 is 0 Å². The first-order valence-electron chi connectivity index (χ1n) is 8.78. The van der Waals surface area contributed by atoms with Crippen LogP contribution >= 0.6 is 0 Å². The second-order valence-corrected chi connectivity index (χ2v) is 6.06. The van der Waals surface area contributed by atoms with Crippen LogP contribution in [0.25, 0.3) is 11.3 Å². The molecule has 150 valence electrons. The van der Waals surface area contributed by atoms with Gasteiger partial charge in [0.15, 0.2) is 0 Å². The Labute approximate surface area is 167 Å². The van der Waals surface area contributed by atoms with Gasteiger partial charge >= 0.3 is 0 Å². The van der Waals surface area contributed by atoms with Crippen molar-refractivity contribution in [1.82, 2.24) is 9.78 Å². The number of nitrogens with one attached hydrogen (secondary N) is 1. The van der Waals surface area contributed by atoms with Gasteiger partial charge in [-0.2, -0.15) is 5.10 Å². The average molecular weight is 395 g/mol. The highest BCUT2D eigenvalue weighted by molar-refractivity contribution is 5.90. The third-order valence-corrected chi connectivity index (χ3v) is 4.22. The van der Waals surface area contributed by atoms with E-state index in [4.69, 9.17) is 14.2 Å². The van der Waals surface area contributed by atoms with Crippen LogP contribution in [0, 0.1) is 0 Å². The maximum atomic E-state index is 12.4. The van der Waals surface area contributed by atoms with Gasteiger partial charge in [0.25, 0.3) is 5.56 Å². The first-order valence-corrected chi connectivity index (χ1v) is 8.78. The number of aromatic nitrogens is 2. The number of hydrogen-bond donors (Lipinski definition) is 1. The molecule has 1 aromatic heterocycles. The standard InChI is InChI=1S/C21H21N3O5/c1-27-15-6-4-14(5-7-15)22-20(25)13-24-21(26)11-9-18(23-24)17-12-16(28-2)8-10-19(17)29-3/h4-12H,13H2,1-3H3,(H,22,25). The summed E-state index contributed by atoms with van der Waals surface area (Å²) in [5.74, 6) is 1.50. The van der Waals surface area contributed by atoms with Crippen molar-refractivity contribution < 1.29 is 19.0 Å². The Bertz CT molecular complexity index is 1060. The summed E-state index contributed by atoms with van der Waals surface area (Å²) in [5, 5.41) is 7.05. The Hall–Kier alpha value is -3.81. The molecule has 3 aromatic rings. The average Bonchev–Trinajstić information content (AvgIpc) is 2.75. The van der Waals surface area contributed by atoms with Gasteiger partial charge in [-0.1, -0.05) is 0 Å². The van der Waals surface area contributed by atoms with Crippen LogP contribution in [0.15, 0.2) is 59.4 Å². The lowest BCUT2D eigenvalue weighted by Crippen LogP contribution is -2.29. The zero-order valence-corrected chi connectivity index (χ0v) is 16.3. The highest BCUT2D eigenvalue weighted by Crippen LogP contribution is 2.31. The Kier molecular flexibility index (Phi) is 6.13. The van der Waals surface area contributed by atoms with Crippen molar-refractivity contribution in [3.05, 3.63) is 65.0 Å². The number of benzene rings is 2. The molecule has 1 amide bonds.